The Bertz CT molecular complexity index is 536. The molecule has 0 amide bonds. The van der Waals surface area contributed by atoms with Crippen LogP contribution in [-0.4, -0.2) is 21.1 Å². The Morgan fingerprint density at radius 3 is 2.87 bits per heavy atom. The van der Waals surface area contributed by atoms with Crippen LogP contribution in [0, 0.1) is 28.1 Å². The molecule has 0 spiro atoms. The SMILES string of the molecule is N#CC1=NNNc2c(C#N)ncn2C1=N. The van der Waals surface area contributed by atoms with Crippen LogP contribution < -0.4 is 11.0 Å². The summed E-state index contributed by atoms with van der Waals surface area (Å²) >= 11 is 0. The fourth-order valence-corrected chi connectivity index (χ4v) is 1.10. The highest BCUT2D eigenvalue weighted by Gasteiger charge is 2.19. The van der Waals surface area contributed by atoms with Gasteiger partial charge in [0.05, 0.1) is 0 Å². The molecule has 1 aromatic rings. The molecule has 0 atom stereocenters. The van der Waals surface area contributed by atoms with E-state index in [-0.39, 0.29) is 23.1 Å². The lowest BCUT2D eigenvalue weighted by Crippen LogP contribution is -2.18. The predicted molar refractivity (Wildman–Crippen MR) is 49.9 cm³/mol. The highest BCUT2D eigenvalue weighted by atomic mass is 15.6. The topological polar surface area (TPSA) is 126 Å². The molecule has 1 aliphatic rings. The number of anilines is 1. The van der Waals surface area contributed by atoms with Crippen molar-refractivity contribution in [3.63, 3.8) is 0 Å². The van der Waals surface area contributed by atoms with Gasteiger partial charge in [0, 0.05) is 0 Å². The van der Waals surface area contributed by atoms with Crippen LogP contribution in [0.15, 0.2) is 11.4 Å². The Morgan fingerprint density at radius 1 is 1.40 bits per heavy atom. The lowest BCUT2D eigenvalue weighted by Gasteiger charge is -2.03. The van der Waals surface area contributed by atoms with Crippen LogP contribution in [0.2, 0.25) is 0 Å². The second-order valence-corrected chi connectivity index (χ2v) is 2.58. The number of rotatable bonds is 0. The molecule has 8 nitrogen and oxygen atoms in total. The zero-order valence-electron chi connectivity index (χ0n) is 7.31. The third kappa shape index (κ3) is 1.17. The van der Waals surface area contributed by atoms with E-state index in [1.54, 1.807) is 6.07 Å². The number of hydrogen-bond acceptors (Lipinski definition) is 7. The molecule has 1 aliphatic heterocycles. The van der Waals surface area contributed by atoms with E-state index in [0.717, 1.165) is 0 Å². The molecule has 0 fully saturated rings. The number of hydrazone groups is 1. The summed E-state index contributed by atoms with van der Waals surface area (Å²) in [5.41, 5.74) is 4.96. The van der Waals surface area contributed by atoms with Crippen molar-refractivity contribution >= 4 is 17.4 Å². The molecule has 72 valence electrons. The molecule has 1 aromatic heterocycles. The Morgan fingerprint density at radius 2 is 2.20 bits per heavy atom. The fourth-order valence-electron chi connectivity index (χ4n) is 1.10. The van der Waals surface area contributed by atoms with Crippen LogP contribution in [-0.2, 0) is 0 Å². The second-order valence-electron chi connectivity index (χ2n) is 2.58. The molecule has 0 saturated heterocycles. The van der Waals surface area contributed by atoms with Crippen molar-refractivity contribution in [3.8, 4) is 12.1 Å². The maximum Gasteiger partial charge on any atom is 0.204 e. The summed E-state index contributed by atoms with van der Waals surface area (Å²) in [6.45, 7) is 0. The number of nitrogens with one attached hydrogen (secondary N) is 3. The molecule has 0 aromatic carbocycles. The lowest BCUT2D eigenvalue weighted by molar-refractivity contribution is 0.874. The largest absolute Gasteiger partial charge is 0.281 e. The lowest BCUT2D eigenvalue weighted by atomic mass is 10.3. The van der Waals surface area contributed by atoms with Crippen LogP contribution >= 0.6 is 0 Å². The molecule has 0 saturated carbocycles. The van der Waals surface area contributed by atoms with Gasteiger partial charge in [0.15, 0.2) is 17.3 Å². The third-order valence-corrected chi connectivity index (χ3v) is 1.79. The van der Waals surface area contributed by atoms with Crippen molar-refractivity contribution in [2.45, 2.75) is 0 Å². The second kappa shape index (κ2) is 3.12. The Hall–Kier alpha value is -2.87. The minimum absolute atomic E-state index is 0.0943. The van der Waals surface area contributed by atoms with Crippen LogP contribution in [0.1, 0.15) is 5.69 Å². The van der Waals surface area contributed by atoms with Crippen molar-refractivity contribution < 1.29 is 0 Å². The zero-order chi connectivity index (χ0) is 10.8. The van der Waals surface area contributed by atoms with E-state index < -0.39 is 0 Å². The smallest absolute Gasteiger partial charge is 0.204 e. The molecule has 0 aliphatic carbocycles. The highest BCUT2D eigenvalue weighted by molar-refractivity contribution is 6.47. The molecule has 2 rings (SSSR count). The van der Waals surface area contributed by atoms with Gasteiger partial charge in [0.1, 0.15) is 18.5 Å². The molecular weight excluding hydrogens is 196 g/mol. The Balaban J connectivity index is 2.57. The summed E-state index contributed by atoms with van der Waals surface area (Å²) in [5, 5.41) is 28.6. The van der Waals surface area contributed by atoms with E-state index >= 15 is 0 Å². The average molecular weight is 200 g/mol. The average Bonchev–Trinajstić information content (AvgIpc) is 2.59. The summed E-state index contributed by atoms with van der Waals surface area (Å²) in [5.74, 6) is 0.149. The predicted octanol–water partition coefficient (Wildman–Crippen LogP) is -0.610. The molecule has 0 unspecified atom stereocenters. The maximum atomic E-state index is 8.72. The highest BCUT2D eigenvalue weighted by Crippen LogP contribution is 2.13. The fraction of sp³-hybridized carbons (Fsp3) is 0. The number of hydrogen-bond donors (Lipinski definition) is 3. The van der Waals surface area contributed by atoms with E-state index in [0.29, 0.717) is 0 Å². The molecule has 0 radical (unpaired) electrons. The minimum atomic E-state index is -0.140. The molecule has 2 heterocycles. The zero-order valence-corrected chi connectivity index (χ0v) is 7.31. The molecule has 0 bridgehead atoms. The van der Waals surface area contributed by atoms with Gasteiger partial charge in [-0.1, -0.05) is 0 Å². The van der Waals surface area contributed by atoms with Crippen molar-refractivity contribution in [1.82, 2.24) is 15.1 Å². The number of nitriles is 2. The third-order valence-electron chi connectivity index (χ3n) is 1.79. The summed E-state index contributed by atoms with van der Waals surface area (Å²) in [6.07, 6.45) is 1.28. The van der Waals surface area contributed by atoms with Gasteiger partial charge in [0.25, 0.3) is 0 Å². The molecule has 8 heteroatoms. The summed E-state index contributed by atoms with van der Waals surface area (Å²) in [6, 6.07) is 3.60. The standard InChI is InChI=1S/C7H4N8/c8-1-4-6(10)15-3-11-5(2-9)7(15)13-14-12-4/h3,10,13-14H. The normalized spacial score (nSPS) is 13.5. The van der Waals surface area contributed by atoms with Gasteiger partial charge in [0.2, 0.25) is 5.71 Å². The van der Waals surface area contributed by atoms with E-state index in [1.165, 1.54) is 10.9 Å². The van der Waals surface area contributed by atoms with Gasteiger partial charge in [-0.05, 0) is 0 Å². The van der Waals surface area contributed by atoms with Crippen molar-refractivity contribution in [3.05, 3.63) is 12.0 Å². The first-order valence-electron chi connectivity index (χ1n) is 3.83. The van der Waals surface area contributed by atoms with Gasteiger partial charge in [-0.15, -0.1) is 5.10 Å². The van der Waals surface area contributed by atoms with E-state index in [2.05, 4.69) is 21.0 Å². The number of imidazole rings is 1. The van der Waals surface area contributed by atoms with E-state index in [9.17, 15) is 0 Å². The number of fused-ring (bicyclic) bond motifs is 1. The first-order valence-corrected chi connectivity index (χ1v) is 3.83. The number of nitrogens with zero attached hydrogens (tertiary/aromatic N) is 5. The van der Waals surface area contributed by atoms with Crippen molar-refractivity contribution in [1.29, 1.82) is 15.9 Å². The van der Waals surface area contributed by atoms with Gasteiger partial charge in [-0.25, -0.2) is 10.5 Å². The number of hydrazine groups is 1. The van der Waals surface area contributed by atoms with Crippen molar-refractivity contribution in [2.75, 3.05) is 5.43 Å². The van der Waals surface area contributed by atoms with Crippen molar-refractivity contribution in [2.24, 2.45) is 5.10 Å². The monoisotopic (exact) mass is 200 g/mol. The Kier molecular flexibility index (Phi) is 1.81. The minimum Gasteiger partial charge on any atom is -0.281 e. The van der Waals surface area contributed by atoms with Crippen LogP contribution in [0.5, 0.6) is 0 Å². The van der Waals surface area contributed by atoms with E-state index in [4.69, 9.17) is 15.9 Å². The molecule has 3 N–H and O–H groups in total. The first-order chi connectivity index (χ1) is 7.27. The number of aromatic nitrogens is 2. The van der Waals surface area contributed by atoms with Gasteiger partial charge < -0.3 is 0 Å². The van der Waals surface area contributed by atoms with Gasteiger partial charge in [-0.2, -0.15) is 10.5 Å². The summed E-state index contributed by atoms with van der Waals surface area (Å²) in [4.78, 5) is 3.77. The van der Waals surface area contributed by atoms with Crippen LogP contribution in [0.4, 0.5) is 5.82 Å². The summed E-state index contributed by atoms with van der Waals surface area (Å²) < 4.78 is 1.26. The molecular formula is C7H4N8. The van der Waals surface area contributed by atoms with Gasteiger partial charge in [-0.3, -0.25) is 15.4 Å². The van der Waals surface area contributed by atoms with Gasteiger partial charge >= 0.3 is 0 Å². The maximum absolute atomic E-state index is 8.72. The first kappa shape index (κ1) is 8.72. The van der Waals surface area contributed by atoms with Crippen LogP contribution in [0.3, 0.4) is 0 Å². The van der Waals surface area contributed by atoms with Crippen LogP contribution in [0.25, 0.3) is 0 Å². The summed E-state index contributed by atoms with van der Waals surface area (Å²) in [7, 11) is 0. The quantitative estimate of drug-likeness (QED) is 0.515. The Labute approximate surface area is 83.9 Å². The molecule has 15 heavy (non-hydrogen) atoms. The van der Waals surface area contributed by atoms with E-state index in [1.807, 2.05) is 6.07 Å².